The van der Waals surface area contributed by atoms with E-state index < -0.39 is 0 Å². The van der Waals surface area contributed by atoms with Gasteiger partial charge in [0.2, 0.25) is 0 Å². The molecule has 1 atom stereocenters. The van der Waals surface area contributed by atoms with Gasteiger partial charge in [-0.05, 0) is 92.5 Å². The van der Waals surface area contributed by atoms with Gasteiger partial charge in [-0.1, -0.05) is 146 Å². The van der Waals surface area contributed by atoms with Gasteiger partial charge in [0.1, 0.15) is 22.3 Å². The highest BCUT2D eigenvalue weighted by Crippen LogP contribution is 2.43. The van der Waals surface area contributed by atoms with Gasteiger partial charge in [0, 0.05) is 38.2 Å². The molecular formula is C54H35N3O2. The fourth-order valence-electron chi connectivity index (χ4n) is 9.17. The summed E-state index contributed by atoms with van der Waals surface area (Å²) in [5, 5.41) is 8.85. The quantitative estimate of drug-likeness (QED) is 0.175. The van der Waals surface area contributed by atoms with Crippen molar-refractivity contribution in [2.75, 3.05) is 0 Å². The molecule has 278 valence electrons. The molecule has 8 aromatic carbocycles. The van der Waals surface area contributed by atoms with E-state index in [-0.39, 0.29) is 5.92 Å². The number of hydrogen-bond acceptors (Lipinski definition) is 5. The van der Waals surface area contributed by atoms with E-state index in [4.69, 9.17) is 23.8 Å². The average molecular weight is 758 g/mol. The van der Waals surface area contributed by atoms with Crippen molar-refractivity contribution < 1.29 is 8.83 Å². The van der Waals surface area contributed by atoms with Crippen LogP contribution in [0.15, 0.2) is 185 Å². The summed E-state index contributed by atoms with van der Waals surface area (Å²) < 4.78 is 12.9. The molecule has 1 aliphatic rings. The molecule has 0 bridgehead atoms. The molecule has 59 heavy (non-hydrogen) atoms. The first-order chi connectivity index (χ1) is 29.2. The molecule has 1 aliphatic carbocycles. The zero-order valence-electron chi connectivity index (χ0n) is 32.2. The highest BCUT2D eigenvalue weighted by molar-refractivity contribution is 6.17. The smallest absolute Gasteiger partial charge is 0.164 e. The number of benzene rings is 8. The maximum Gasteiger partial charge on any atom is 0.164 e. The van der Waals surface area contributed by atoms with E-state index in [2.05, 4.69) is 153 Å². The highest BCUT2D eigenvalue weighted by atomic mass is 16.3. The van der Waals surface area contributed by atoms with Gasteiger partial charge >= 0.3 is 0 Å². The Morgan fingerprint density at radius 1 is 0.441 bits per heavy atom. The van der Waals surface area contributed by atoms with Gasteiger partial charge in [0.05, 0.1) is 0 Å². The van der Waals surface area contributed by atoms with Crippen LogP contribution in [0.3, 0.4) is 0 Å². The largest absolute Gasteiger partial charge is 0.456 e. The summed E-state index contributed by atoms with van der Waals surface area (Å²) in [6.45, 7) is 2.23. The average Bonchev–Trinajstić information content (AvgIpc) is 3.87. The molecule has 5 heteroatoms. The standard InChI is InChI=1S/C54H35N3O2/c1-32-13-2-4-16-35(32)52-55-53(57-54(56-52)45-23-12-26-48-51(45)43-20-8-9-24-46(43)58-48)42-30-29-40(38-18-6-7-19-39(38)42)41-22-11-25-47-50(41)44-28-27-34(31-49(44)59-47)37-21-10-15-33-14-3-5-17-36(33)37/h2-12,14-32H,13H2,1H3. The zero-order valence-corrected chi connectivity index (χ0v) is 32.2. The molecule has 0 saturated heterocycles. The normalized spacial score (nSPS) is 14.3. The van der Waals surface area contributed by atoms with E-state index in [1.165, 1.54) is 16.3 Å². The topological polar surface area (TPSA) is 65.0 Å². The lowest BCUT2D eigenvalue weighted by molar-refractivity contribution is 0.668. The van der Waals surface area contributed by atoms with Crippen LogP contribution in [0, 0.1) is 5.92 Å². The summed E-state index contributed by atoms with van der Waals surface area (Å²) in [5.41, 5.74) is 10.9. The molecule has 0 aliphatic heterocycles. The van der Waals surface area contributed by atoms with E-state index in [0.717, 1.165) is 94.5 Å². The summed E-state index contributed by atoms with van der Waals surface area (Å²) in [6.07, 6.45) is 7.39. The molecule has 0 radical (unpaired) electrons. The van der Waals surface area contributed by atoms with Crippen LogP contribution in [-0.4, -0.2) is 15.0 Å². The summed E-state index contributed by atoms with van der Waals surface area (Å²) in [5.74, 6) is 2.21. The molecule has 1 unspecified atom stereocenters. The minimum Gasteiger partial charge on any atom is -0.456 e. The van der Waals surface area contributed by atoms with Crippen molar-refractivity contribution >= 4 is 71.0 Å². The Labute approximate surface area is 339 Å². The second-order valence-corrected chi connectivity index (χ2v) is 15.5. The third-order valence-electron chi connectivity index (χ3n) is 12.0. The minimum atomic E-state index is 0.265. The number of rotatable bonds is 5. The van der Waals surface area contributed by atoms with E-state index in [1.807, 2.05) is 30.3 Å². The predicted octanol–water partition coefficient (Wildman–Crippen LogP) is 14.6. The first-order valence-corrected chi connectivity index (χ1v) is 20.2. The van der Waals surface area contributed by atoms with E-state index in [1.54, 1.807) is 0 Å². The Hall–Kier alpha value is -7.63. The van der Waals surface area contributed by atoms with Crippen molar-refractivity contribution in [1.82, 2.24) is 15.0 Å². The lowest BCUT2D eigenvalue weighted by atomic mass is 9.91. The number of aromatic nitrogens is 3. The summed E-state index contributed by atoms with van der Waals surface area (Å²) >= 11 is 0. The van der Waals surface area contributed by atoms with E-state index in [9.17, 15) is 0 Å². The number of allylic oxidation sites excluding steroid dienone is 4. The van der Waals surface area contributed by atoms with Crippen molar-refractivity contribution in [2.24, 2.45) is 5.92 Å². The van der Waals surface area contributed by atoms with Gasteiger partial charge in [-0.25, -0.2) is 15.0 Å². The van der Waals surface area contributed by atoms with Crippen LogP contribution in [0.25, 0.3) is 116 Å². The van der Waals surface area contributed by atoms with E-state index >= 15 is 0 Å². The molecule has 12 rings (SSSR count). The van der Waals surface area contributed by atoms with Crippen molar-refractivity contribution in [2.45, 2.75) is 13.3 Å². The van der Waals surface area contributed by atoms with Gasteiger partial charge in [-0.2, -0.15) is 0 Å². The minimum absolute atomic E-state index is 0.265. The maximum atomic E-state index is 6.64. The molecule has 3 heterocycles. The SMILES string of the molecule is CC1CC=CC=C1c1nc(-c2ccc(-c3cccc4oc5cc(-c6cccc7ccccc67)ccc5c34)c3ccccc23)nc(-c2cccc3oc4ccccc4c23)n1. The fourth-order valence-corrected chi connectivity index (χ4v) is 9.17. The van der Waals surface area contributed by atoms with Crippen molar-refractivity contribution in [3.8, 4) is 45.0 Å². The number of furan rings is 2. The molecule has 0 amide bonds. The summed E-state index contributed by atoms with van der Waals surface area (Å²) in [6, 6.07) is 55.2. The van der Waals surface area contributed by atoms with Crippen LogP contribution in [0.2, 0.25) is 0 Å². The van der Waals surface area contributed by atoms with Gasteiger partial charge in [-0.15, -0.1) is 0 Å². The highest BCUT2D eigenvalue weighted by Gasteiger charge is 2.23. The maximum absolute atomic E-state index is 6.64. The van der Waals surface area contributed by atoms with Crippen LogP contribution in [0.1, 0.15) is 19.2 Å². The van der Waals surface area contributed by atoms with Crippen LogP contribution < -0.4 is 0 Å². The first-order valence-electron chi connectivity index (χ1n) is 20.2. The predicted molar refractivity (Wildman–Crippen MR) is 242 cm³/mol. The third kappa shape index (κ3) is 5.35. The second-order valence-electron chi connectivity index (χ2n) is 15.5. The lowest BCUT2D eigenvalue weighted by Crippen LogP contribution is -2.08. The van der Waals surface area contributed by atoms with Crippen molar-refractivity contribution in [3.05, 3.63) is 182 Å². The molecule has 0 spiro atoms. The number of fused-ring (bicyclic) bond motifs is 8. The Kier molecular flexibility index (Phi) is 7.51. The Morgan fingerprint density at radius 2 is 1.02 bits per heavy atom. The molecule has 0 fully saturated rings. The van der Waals surface area contributed by atoms with Crippen LogP contribution in [0.4, 0.5) is 0 Å². The Bertz CT molecular complexity index is 3560. The van der Waals surface area contributed by atoms with Gasteiger partial charge in [-0.3, -0.25) is 0 Å². The molecule has 0 saturated carbocycles. The molecule has 11 aromatic rings. The fraction of sp³-hybridized carbons (Fsp3) is 0.0556. The summed E-state index contributed by atoms with van der Waals surface area (Å²) in [7, 11) is 0. The number of para-hydroxylation sites is 1. The van der Waals surface area contributed by atoms with Crippen LogP contribution >= 0.6 is 0 Å². The van der Waals surface area contributed by atoms with Crippen LogP contribution in [-0.2, 0) is 0 Å². The van der Waals surface area contributed by atoms with Crippen molar-refractivity contribution in [3.63, 3.8) is 0 Å². The molecule has 5 nitrogen and oxygen atoms in total. The van der Waals surface area contributed by atoms with Gasteiger partial charge < -0.3 is 8.83 Å². The van der Waals surface area contributed by atoms with Gasteiger partial charge in [0.15, 0.2) is 17.5 Å². The Morgan fingerprint density at radius 3 is 1.85 bits per heavy atom. The zero-order chi connectivity index (χ0) is 39.0. The molecule has 0 N–H and O–H groups in total. The van der Waals surface area contributed by atoms with Gasteiger partial charge in [0.25, 0.3) is 0 Å². The monoisotopic (exact) mass is 757 g/mol. The first kappa shape index (κ1) is 33.5. The second kappa shape index (κ2) is 13.2. The Balaban J connectivity index is 1.04. The van der Waals surface area contributed by atoms with E-state index in [0.29, 0.717) is 17.5 Å². The number of nitrogens with zero attached hydrogens (tertiary/aromatic N) is 3. The summed E-state index contributed by atoms with van der Waals surface area (Å²) in [4.78, 5) is 15.8. The van der Waals surface area contributed by atoms with Crippen LogP contribution in [0.5, 0.6) is 0 Å². The lowest BCUT2D eigenvalue weighted by Gasteiger charge is -2.18. The molecular weight excluding hydrogens is 723 g/mol. The number of hydrogen-bond donors (Lipinski definition) is 0. The third-order valence-corrected chi connectivity index (χ3v) is 12.0. The molecule has 3 aromatic heterocycles. The van der Waals surface area contributed by atoms with Crippen molar-refractivity contribution in [1.29, 1.82) is 0 Å².